The number of phenols is 1. The highest BCUT2D eigenvalue weighted by molar-refractivity contribution is 5.42. The average molecular weight is 455 g/mol. The molecule has 0 saturated heterocycles. The number of hydrogen-bond donors (Lipinski definition) is 1. The molecular weight excluding hydrogens is 424 g/mol. The van der Waals surface area contributed by atoms with Crippen molar-refractivity contribution in [2.75, 3.05) is 14.2 Å². The summed E-state index contributed by atoms with van der Waals surface area (Å²) in [6.07, 6.45) is 3.52. The Morgan fingerprint density at radius 2 is 1.09 bits per heavy atom. The van der Waals surface area contributed by atoms with Gasteiger partial charge in [0.25, 0.3) is 0 Å². The van der Waals surface area contributed by atoms with Crippen LogP contribution in [0.25, 0.3) is 0 Å². The number of rotatable bonds is 10. The zero-order valence-electron chi connectivity index (χ0n) is 19.7. The summed E-state index contributed by atoms with van der Waals surface area (Å²) in [7, 11) is 3.35. The second kappa shape index (κ2) is 11.3. The third-order valence-electron chi connectivity index (χ3n) is 5.78. The molecule has 0 unspecified atom stereocenters. The van der Waals surface area contributed by atoms with E-state index in [1.807, 2.05) is 48.5 Å². The Labute approximate surface area is 201 Å². The minimum absolute atomic E-state index is 0.301. The van der Waals surface area contributed by atoms with E-state index >= 15 is 0 Å². The van der Waals surface area contributed by atoms with E-state index in [2.05, 4.69) is 36.4 Å². The molecule has 0 aliphatic carbocycles. The fourth-order valence-electron chi connectivity index (χ4n) is 3.93. The second-order valence-electron chi connectivity index (χ2n) is 8.28. The van der Waals surface area contributed by atoms with Gasteiger partial charge in [0.1, 0.15) is 28.7 Å². The summed E-state index contributed by atoms with van der Waals surface area (Å²) >= 11 is 0. The summed E-state index contributed by atoms with van der Waals surface area (Å²) in [5.41, 5.74) is 4.71. The fraction of sp³-hybridized carbons (Fsp3) is 0.200. The minimum Gasteiger partial charge on any atom is -0.508 e. The van der Waals surface area contributed by atoms with Gasteiger partial charge in [0.15, 0.2) is 0 Å². The van der Waals surface area contributed by atoms with Crippen molar-refractivity contribution < 1.29 is 19.3 Å². The molecule has 4 nitrogen and oxygen atoms in total. The van der Waals surface area contributed by atoms with Gasteiger partial charge in [-0.2, -0.15) is 0 Å². The average Bonchev–Trinajstić information content (AvgIpc) is 2.87. The first-order valence-corrected chi connectivity index (χ1v) is 11.5. The predicted octanol–water partition coefficient (Wildman–Crippen LogP) is 6.77. The molecule has 0 aromatic heterocycles. The van der Waals surface area contributed by atoms with Crippen LogP contribution in [-0.2, 0) is 25.7 Å². The topological polar surface area (TPSA) is 47.9 Å². The largest absolute Gasteiger partial charge is 0.508 e. The van der Waals surface area contributed by atoms with Crippen LogP contribution in [0.1, 0.15) is 22.3 Å². The lowest BCUT2D eigenvalue weighted by Gasteiger charge is -2.12. The van der Waals surface area contributed by atoms with E-state index < -0.39 is 0 Å². The summed E-state index contributed by atoms with van der Waals surface area (Å²) in [6, 6.07) is 29.8. The van der Waals surface area contributed by atoms with Gasteiger partial charge in [0.05, 0.1) is 14.2 Å². The second-order valence-corrected chi connectivity index (χ2v) is 8.28. The number of ether oxygens (including phenoxy) is 3. The number of phenolic OH excluding ortho intramolecular Hbond substituents is 1. The molecule has 34 heavy (non-hydrogen) atoms. The van der Waals surface area contributed by atoms with E-state index in [-0.39, 0.29) is 0 Å². The highest BCUT2D eigenvalue weighted by Crippen LogP contribution is 2.29. The Morgan fingerprint density at radius 3 is 1.79 bits per heavy atom. The lowest BCUT2D eigenvalue weighted by molar-refractivity contribution is 0.408. The van der Waals surface area contributed by atoms with E-state index in [1.165, 1.54) is 11.1 Å². The van der Waals surface area contributed by atoms with Gasteiger partial charge in [-0.1, -0.05) is 36.4 Å². The van der Waals surface area contributed by atoms with E-state index in [9.17, 15) is 5.11 Å². The van der Waals surface area contributed by atoms with Crippen molar-refractivity contribution in [2.45, 2.75) is 25.7 Å². The molecule has 0 aliphatic rings. The third-order valence-corrected chi connectivity index (χ3v) is 5.78. The normalized spacial score (nSPS) is 10.6. The lowest BCUT2D eigenvalue weighted by Crippen LogP contribution is -1.95. The summed E-state index contributed by atoms with van der Waals surface area (Å²) < 4.78 is 17.0. The summed E-state index contributed by atoms with van der Waals surface area (Å²) in [5.74, 6) is 3.50. The standard InChI is InChI=1S/C30H30O4/c1-32-27-15-13-22(14-16-27)9-12-25-19-29(33-2)21-30(20-25)34-28-8-4-6-24(18-28)11-10-23-5-3-7-26(31)17-23/h3-8,13-21,31H,9-12H2,1-2H3. The van der Waals surface area contributed by atoms with Crippen molar-refractivity contribution >= 4 is 0 Å². The van der Waals surface area contributed by atoms with Gasteiger partial charge in [-0.25, -0.2) is 0 Å². The molecule has 4 aromatic rings. The number of aryl methyl sites for hydroxylation is 4. The number of hydrogen-bond acceptors (Lipinski definition) is 4. The molecule has 0 fully saturated rings. The monoisotopic (exact) mass is 454 g/mol. The minimum atomic E-state index is 0.301. The molecule has 0 spiro atoms. The molecule has 0 atom stereocenters. The smallest absolute Gasteiger partial charge is 0.131 e. The summed E-state index contributed by atoms with van der Waals surface area (Å²) in [5, 5.41) is 9.67. The molecule has 0 radical (unpaired) electrons. The molecule has 0 aliphatic heterocycles. The predicted molar refractivity (Wildman–Crippen MR) is 135 cm³/mol. The summed E-state index contributed by atoms with van der Waals surface area (Å²) in [4.78, 5) is 0. The van der Waals surface area contributed by atoms with Crippen LogP contribution in [0.4, 0.5) is 0 Å². The third kappa shape index (κ3) is 6.55. The Hall–Kier alpha value is -3.92. The van der Waals surface area contributed by atoms with Gasteiger partial charge in [0.2, 0.25) is 0 Å². The van der Waals surface area contributed by atoms with Gasteiger partial charge in [-0.05, 0) is 96.5 Å². The zero-order chi connectivity index (χ0) is 23.8. The van der Waals surface area contributed by atoms with E-state index in [0.29, 0.717) is 5.75 Å². The number of benzene rings is 4. The molecule has 4 heteroatoms. The molecule has 0 heterocycles. The van der Waals surface area contributed by atoms with Crippen LogP contribution in [0.5, 0.6) is 28.7 Å². The molecule has 4 aromatic carbocycles. The fourth-order valence-corrected chi connectivity index (χ4v) is 3.93. The Bertz CT molecular complexity index is 1210. The first kappa shape index (κ1) is 23.2. The van der Waals surface area contributed by atoms with Gasteiger partial charge < -0.3 is 19.3 Å². The van der Waals surface area contributed by atoms with E-state index in [0.717, 1.165) is 59.8 Å². The van der Waals surface area contributed by atoms with Crippen LogP contribution in [0, 0.1) is 0 Å². The Morgan fingerprint density at radius 1 is 0.500 bits per heavy atom. The van der Waals surface area contributed by atoms with E-state index in [1.54, 1.807) is 20.3 Å². The molecular formula is C30H30O4. The molecule has 1 N–H and O–H groups in total. The van der Waals surface area contributed by atoms with Gasteiger partial charge in [-0.3, -0.25) is 0 Å². The van der Waals surface area contributed by atoms with Gasteiger partial charge in [-0.15, -0.1) is 0 Å². The molecule has 0 amide bonds. The van der Waals surface area contributed by atoms with Crippen molar-refractivity contribution in [3.8, 4) is 28.7 Å². The van der Waals surface area contributed by atoms with Crippen molar-refractivity contribution in [3.05, 3.63) is 113 Å². The highest BCUT2D eigenvalue weighted by atomic mass is 16.5. The van der Waals surface area contributed by atoms with Crippen LogP contribution in [0.15, 0.2) is 91.0 Å². The Balaban J connectivity index is 1.42. The SMILES string of the molecule is COc1ccc(CCc2cc(OC)cc(Oc3cccc(CCc4cccc(O)c4)c3)c2)cc1. The van der Waals surface area contributed by atoms with Crippen LogP contribution < -0.4 is 14.2 Å². The van der Waals surface area contributed by atoms with Crippen molar-refractivity contribution in [1.29, 1.82) is 0 Å². The zero-order valence-corrected chi connectivity index (χ0v) is 19.7. The van der Waals surface area contributed by atoms with Crippen LogP contribution in [-0.4, -0.2) is 19.3 Å². The first-order chi connectivity index (χ1) is 16.6. The van der Waals surface area contributed by atoms with Crippen molar-refractivity contribution in [2.24, 2.45) is 0 Å². The maximum absolute atomic E-state index is 9.67. The maximum Gasteiger partial charge on any atom is 0.131 e. The molecule has 0 bridgehead atoms. The van der Waals surface area contributed by atoms with Gasteiger partial charge >= 0.3 is 0 Å². The van der Waals surface area contributed by atoms with Crippen molar-refractivity contribution in [3.63, 3.8) is 0 Å². The summed E-state index contributed by atoms with van der Waals surface area (Å²) in [6.45, 7) is 0. The van der Waals surface area contributed by atoms with Crippen LogP contribution in [0.2, 0.25) is 0 Å². The lowest BCUT2D eigenvalue weighted by atomic mass is 10.0. The molecule has 0 saturated carbocycles. The highest BCUT2D eigenvalue weighted by Gasteiger charge is 2.07. The van der Waals surface area contributed by atoms with Crippen LogP contribution >= 0.6 is 0 Å². The number of aromatic hydroxyl groups is 1. The van der Waals surface area contributed by atoms with Crippen molar-refractivity contribution in [1.82, 2.24) is 0 Å². The molecule has 174 valence electrons. The maximum atomic E-state index is 9.67. The number of methoxy groups -OCH3 is 2. The van der Waals surface area contributed by atoms with Gasteiger partial charge in [0, 0.05) is 6.07 Å². The first-order valence-electron chi connectivity index (χ1n) is 11.5. The molecule has 4 rings (SSSR count). The Kier molecular flexibility index (Phi) is 7.71. The van der Waals surface area contributed by atoms with E-state index in [4.69, 9.17) is 14.2 Å². The quantitative estimate of drug-likeness (QED) is 0.287. The van der Waals surface area contributed by atoms with Crippen LogP contribution in [0.3, 0.4) is 0 Å².